The normalized spacial score (nSPS) is 10.7. The van der Waals surface area contributed by atoms with E-state index in [2.05, 4.69) is 56.7 Å². The van der Waals surface area contributed by atoms with Crippen LogP contribution in [0.5, 0.6) is 0 Å². The number of rotatable bonds is 3. The molecule has 3 aromatic heterocycles. The van der Waals surface area contributed by atoms with E-state index in [4.69, 9.17) is 0 Å². The molecule has 6 nitrogen and oxygen atoms in total. The van der Waals surface area contributed by atoms with Crippen LogP contribution in [-0.2, 0) is 14.1 Å². The highest BCUT2D eigenvalue weighted by atomic mass is 15.3. The van der Waals surface area contributed by atoms with Crippen molar-refractivity contribution in [1.29, 1.82) is 0 Å². The average molecular weight is 373 g/mol. The summed E-state index contributed by atoms with van der Waals surface area (Å²) in [6.45, 7) is 14.9. The van der Waals surface area contributed by atoms with Gasteiger partial charge in [0.2, 0.25) is 0 Å². The maximum absolute atomic E-state index is 4.18. The van der Waals surface area contributed by atoms with Crippen LogP contribution in [0.25, 0.3) is 0 Å². The van der Waals surface area contributed by atoms with Crippen LogP contribution in [0.15, 0.2) is 37.3 Å². The lowest BCUT2D eigenvalue weighted by molar-refractivity contribution is 0.532. The Bertz CT molecular complexity index is 671. The topological polar surface area (TPSA) is 53.5 Å². The van der Waals surface area contributed by atoms with Crippen molar-refractivity contribution in [1.82, 2.24) is 29.1 Å². The Kier molecular flexibility index (Phi) is 8.98. The van der Waals surface area contributed by atoms with Gasteiger partial charge in [-0.15, -0.1) is 0 Å². The average Bonchev–Trinajstić information content (AvgIpc) is 3.30. The Hall–Kier alpha value is -2.37. The summed E-state index contributed by atoms with van der Waals surface area (Å²) in [5, 5.41) is 8.19. The summed E-state index contributed by atoms with van der Waals surface area (Å²) in [5.74, 6) is 1.14. The van der Waals surface area contributed by atoms with Crippen LogP contribution >= 0.6 is 0 Å². The fourth-order valence-electron chi connectivity index (χ4n) is 2.18. The third-order valence-corrected chi connectivity index (χ3v) is 3.97. The minimum atomic E-state index is 0.485. The summed E-state index contributed by atoms with van der Waals surface area (Å²) in [5.41, 5.74) is 3.69. The molecule has 27 heavy (non-hydrogen) atoms. The number of hydrogen-bond acceptors (Lipinski definition) is 3. The molecule has 0 aliphatic rings. The van der Waals surface area contributed by atoms with Crippen molar-refractivity contribution in [3.8, 4) is 0 Å². The zero-order chi connectivity index (χ0) is 20.6. The van der Waals surface area contributed by atoms with Gasteiger partial charge in [0, 0.05) is 38.7 Å². The number of hydrogen-bond donors (Lipinski definition) is 0. The van der Waals surface area contributed by atoms with Crippen LogP contribution in [0.1, 0.15) is 76.2 Å². The minimum Gasteiger partial charge on any atom is -0.340 e. The number of aryl methyl sites for hydroxylation is 3. The van der Waals surface area contributed by atoms with Crippen LogP contribution in [0, 0.1) is 6.92 Å². The number of nitrogens with zero attached hydrogens (tertiary/aromatic N) is 6. The van der Waals surface area contributed by atoms with Gasteiger partial charge in [0.1, 0.15) is 0 Å². The van der Waals surface area contributed by atoms with Crippen molar-refractivity contribution < 1.29 is 0 Å². The molecule has 0 aromatic carbocycles. The molecule has 0 aliphatic heterocycles. The third-order valence-electron chi connectivity index (χ3n) is 3.97. The largest absolute Gasteiger partial charge is 0.340 e. The lowest BCUT2D eigenvalue weighted by Crippen LogP contribution is -1.99. The molecule has 3 rings (SSSR count). The zero-order valence-corrected chi connectivity index (χ0v) is 18.4. The van der Waals surface area contributed by atoms with E-state index in [-0.39, 0.29) is 0 Å². The Balaban J connectivity index is 0.000000202. The molecule has 0 saturated heterocycles. The first kappa shape index (κ1) is 22.7. The van der Waals surface area contributed by atoms with Crippen molar-refractivity contribution in [2.45, 2.75) is 66.3 Å². The molecule has 0 amide bonds. The van der Waals surface area contributed by atoms with Crippen molar-refractivity contribution in [2.75, 3.05) is 0 Å². The van der Waals surface area contributed by atoms with E-state index in [0.29, 0.717) is 17.9 Å². The molecule has 3 aromatic rings. The van der Waals surface area contributed by atoms with E-state index >= 15 is 0 Å². The van der Waals surface area contributed by atoms with E-state index < -0.39 is 0 Å². The van der Waals surface area contributed by atoms with Gasteiger partial charge in [0.15, 0.2) is 0 Å². The summed E-state index contributed by atoms with van der Waals surface area (Å²) in [6.07, 6.45) is 11.8. The first-order valence-corrected chi connectivity index (χ1v) is 9.57. The Morgan fingerprint density at radius 3 is 1.70 bits per heavy atom. The first-order valence-electron chi connectivity index (χ1n) is 9.57. The molecule has 0 saturated carbocycles. The Labute approximate surface area is 164 Å². The second-order valence-electron chi connectivity index (χ2n) is 7.81. The van der Waals surface area contributed by atoms with Crippen molar-refractivity contribution in [3.63, 3.8) is 0 Å². The van der Waals surface area contributed by atoms with Crippen LogP contribution in [0.3, 0.4) is 0 Å². The molecule has 0 bridgehead atoms. The van der Waals surface area contributed by atoms with Crippen LogP contribution < -0.4 is 0 Å². The molecular weight excluding hydrogens is 336 g/mol. The Morgan fingerprint density at radius 2 is 1.48 bits per heavy atom. The first-order chi connectivity index (χ1) is 12.6. The van der Waals surface area contributed by atoms with Crippen LogP contribution in [0.2, 0.25) is 0 Å². The molecule has 150 valence electrons. The molecular formula is C21H36N6. The van der Waals surface area contributed by atoms with Crippen molar-refractivity contribution >= 4 is 0 Å². The lowest BCUT2D eigenvalue weighted by atomic mass is 10.1. The van der Waals surface area contributed by atoms with Gasteiger partial charge in [-0.25, -0.2) is 4.98 Å². The van der Waals surface area contributed by atoms with Gasteiger partial charge >= 0.3 is 0 Å². The second-order valence-corrected chi connectivity index (χ2v) is 7.81. The minimum absolute atomic E-state index is 0.485. The van der Waals surface area contributed by atoms with Gasteiger partial charge in [-0.3, -0.25) is 9.36 Å². The van der Waals surface area contributed by atoms with Crippen LogP contribution in [0.4, 0.5) is 0 Å². The lowest BCUT2D eigenvalue weighted by Gasteiger charge is -2.02. The summed E-state index contributed by atoms with van der Waals surface area (Å²) in [6, 6.07) is 0.485. The van der Waals surface area contributed by atoms with E-state index in [9.17, 15) is 0 Å². The number of imidazole rings is 1. The molecule has 6 heteroatoms. The monoisotopic (exact) mass is 372 g/mol. The maximum Gasteiger partial charge on any atom is 0.0946 e. The molecule has 0 unspecified atom stereocenters. The molecule has 3 heterocycles. The summed E-state index contributed by atoms with van der Waals surface area (Å²) < 4.78 is 5.75. The SMILES string of the molecule is CC(C)c1cn(C)cn1.CC(C)c1cnn(C)c1.Cc1cnn(C(C)C)c1. The van der Waals surface area contributed by atoms with E-state index in [1.165, 1.54) is 11.1 Å². The summed E-state index contributed by atoms with van der Waals surface area (Å²) >= 11 is 0. The van der Waals surface area contributed by atoms with Gasteiger partial charge in [-0.2, -0.15) is 10.2 Å². The van der Waals surface area contributed by atoms with E-state index in [0.717, 1.165) is 5.69 Å². The smallest absolute Gasteiger partial charge is 0.0946 e. The van der Waals surface area contributed by atoms with Crippen molar-refractivity contribution in [3.05, 3.63) is 54.1 Å². The molecule has 0 fully saturated rings. The van der Waals surface area contributed by atoms with E-state index in [1.807, 2.05) is 72.3 Å². The summed E-state index contributed by atoms with van der Waals surface area (Å²) in [4.78, 5) is 4.18. The number of aromatic nitrogens is 6. The zero-order valence-electron chi connectivity index (χ0n) is 18.4. The Morgan fingerprint density at radius 1 is 0.815 bits per heavy atom. The van der Waals surface area contributed by atoms with Gasteiger partial charge in [-0.05, 0) is 43.7 Å². The maximum atomic E-state index is 4.18. The second kappa shape index (κ2) is 10.7. The predicted molar refractivity (Wildman–Crippen MR) is 112 cm³/mol. The van der Waals surface area contributed by atoms with Gasteiger partial charge < -0.3 is 4.57 Å². The highest BCUT2D eigenvalue weighted by Gasteiger charge is 2.00. The quantitative estimate of drug-likeness (QED) is 0.660. The van der Waals surface area contributed by atoms with Crippen LogP contribution in [-0.4, -0.2) is 29.1 Å². The standard InChI is InChI=1S/3C7H12N2/c1-6(2)7-4-9(3)5-8-7;1-6(2)7-4-8-9(3)5-7;1-6(2)9-5-7(3)4-8-9/h3*4-6H,1-3H3. The highest BCUT2D eigenvalue weighted by Crippen LogP contribution is 2.11. The van der Waals surface area contributed by atoms with Gasteiger partial charge in [-0.1, -0.05) is 27.7 Å². The van der Waals surface area contributed by atoms with Crippen molar-refractivity contribution in [2.24, 2.45) is 14.1 Å². The van der Waals surface area contributed by atoms with E-state index in [1.54, 1.807) is 0 Å². The predicted octanol–water partition coefficient (Wildman–Crippen LogP) is 4.86. The molecule has 0 aliphatic carbocycles. The third kappa shape index (κ3) is 8.24. The molecule has 0 radical (unpaired) electrons. The highest BCUT2D eigenvalue weighted by molar-refractivity contribution is 5.08. The fraction of sp³-hybridized carbons (Fsp3) is 0.571. The molecule has 0 N–H and O–H groups in total. The van der Waals surface area contributed by atoms with Gasteiger partial charge in [0.05, 0.1) is 24.4 Å². The molecule has 0 atom stereocenters. The summed E-state index contributed by atoms with van der Waals surface area (Å²) in [7, 11) is 3.92. The van der Waals surface area contributed by atoms with Gasteiger partial charge in [0.25, 0.3) is 0 Å². The molecule has 0 spiro atoms. The fourth-order valence-corrected chi connectivity index (χ4v) is 2.18.